The normalized spacial score (nSPS) is 32.6. The van der Waals surface area contributed by atoms with E-state index < -0.39 is 0 Å². The Labute approximate surface area is 144 Å². The Hall–Kier alpha value is -0.460. The zero-order valence-electron chi connectivity index (χ0n) is 13.2. The summed E-state index contributed by atoms with van der Waals surface area (Å²) in [6.45, 7) is 3.96. The summed E-state index contributed by atoms with van der Waals surface area (Å²) >= 11 is 12.2. The van der Waals surface area contributed by atoms with Crippen molar-refractivity contribution >= 4 is 23.2 Å². The standard InChI is InChI=1S/C20H26Cl2/c1-2-14-3-5-15(6-4-14)16-7-9-17(10-8-16)18-11-12-19(21)20(22)13-18/h2,11-17H,1,3-10H2. The molecule has 0 saturated heterocycles. The third-order valence-corrected chi connectivity index (χ3v) is 6.74. The van der Waals surface area contributed by atoms with Gasteiger partial charge in [-0.15, -0.1) is 6.58 Å². The van der Waals surface area contributed by atoms with E-state index in [0.717, 1.165) is 17.8 Å². The number of hydrogen-bond donors (Lipinski definition) is 0. The Morgan fingerprint density at radius 2 is 1.41 bits per heavy atom. The monoisotopic (exact) mass is 336 g/mol. The maximum absolute atomic E-state index is 6.17. The van der Waals surface area contributed by atoms with Gasteiger partial charge >= 0.3 is 0 Å². The fourth-order valence-electron chi connectivity index (χ4n) is 4.54. The van der Waals surface area contributed by atoms with Crippen LogP contribution >= 0.6 is 23.2 Å². The summed E-state index contributed by atoms with van der Waals surface area (Å²) in [5.41, 5.74) is 1.38. The largest absolute Gasteiger partial charge is 0.103 e. The van der Waals surface area contributed by atoms with Gasteiger partial charge in [-0.1, -0.05) is 35.3 Å². The fraction of sp³-hybridized carbons (Fsp3) is 0.600. The minimum absolute atomic E-state index is 0.665. The summed E-state index contributed by atoms with van der Waals surface area (Å²) in [7, 11) is 0. The predicted molar refractivity (Wildman–Crippen MR) is 96.8 cm³/mol. The molecule has 0 aliphatic heterocycles. The maximum atomic E-state index is 6.17. The van der Waals surface area contributed by atoms with Crippen LogP contribution in [-0.4, -0.2) is 0 Å². The quantitative estimate of drug-likeness (QED) is 0.509. The Bertz CT molecular complexity index is 506. The molecule has 22 heavy (non-hydrogen) atoms. The fourth-order valence-corrected chi connectivity index (χ4v) is 4.85. The minimum Gasteiger partial charge on any atom is -0.103 e. The van der Waals surface area contributed by atoms with Crippen LogP contribution in [0.15, 0.2) is 30.9 Å². The highest BCUT2D eigenvalue weighted by Gasteiger charge is 2.30. The van der Waals surface area contributed by atoms with Gasteiger partial charge in [0.15, 0.2) is 0 Å². The number of rotatable bonds is 3. The first kappa shape index (κ1) is 16.4. The summed E-state index contributed by atoms with van der Waals surface area (Å²) in [6, 6.07) is 6.18. The molecular weight excluding hydrogens is 311 g/mol. The van der Waals surface area contributed by atoms with Crippen LogP contribution in [0.25, 0.3) is 0 Å². The third kappa shape index (κ3) is 3.71. The lowest BCUT2D eigenvalue weighted by atomic mass is 9.68. The first-order valence-corrected chi connectivity index (χ1v) is 9.50. The van der Waals surface area contributed by atoms with E-state index in [9.17, 15) is 0 Å². The smallest absolute Gasteiger partial charge is 0.0595 e. The summed E-state index contributed by atoms with van der Waals surface area (Å²) in [5.74, 6) is 3.37. The second kappa shape index (κ2) is 7.41. The molecule has 0 radical (unpaired) electrons. The van der Waals surface area contributed by atoms with Gasteiger partial charge in [-0.25, -0.2) is 0 Å². The van der Waals surface area contributed by atoms with Gasteiger partial charge in [0.25, 0.3) is 0 Å². The number of benzene rings is 1. The molecule has 0 bridgehead atoms. The van der Waals surface area contributed by atoms with Gasteiger partial charge in [0.05, 0.1) is 10.0 Å². The first-order chi connectivity index (χ1) is 10.7. The van der Waals surface area contributed by atoms with Gasteiger partial charge in [0.1, 0.15) is 0 Å². The Morgan fingerprint density at radius 1 is 0.818 bits per heavy atom. The summed E-state index contributed by atoms with van der Waals surface area (Å²) in [6.07, 6.45) is 13.1. The van der Waals surface area contributed by atoms with E-state index in [1.165, 1.54) is 56.9 Å². The lowest BCUT2D eigenvalue weighted by molar-refractivity contribution is 0.171. The molecule has 2 aliphatic carbocycles. The minimum atomic E-state index is 0.665. The second-order valence-electron chi connectivity index (χ2n) is 7.20. The SMILES string of the molecule is C=CC1CCC(C2CCC(c3ccc(Cl)c(Cl)c3)CC2)CC1. The lowest BCUT2D eigenvalue weighted by Crippen LogP contribution is -2.25. The molecule has 0 N–H and O–H groups in total. The van der Waals surface area contributed by atoms with Crippen LogP contribution in [0, 0.1) is 17.8 Å². The molecule has 0 nitrogen and oxygen atoms in total. The molecule has 2 saturated carbocycles. The highest BCUT2D eigenvalue weighted by molar-refractivity contribution is 6.42. The Kier molecular flexibility index (Phi) is 5.52. The molecule has 2 fully saturated rings. The van der Waals surface area contributed by atoms with Crippen LogP contribution in [-0.2, 0) is 0 Å². The molecule has 0 heterocycles. The molecule has 0 atom stereocenters. The van der Waals surface area contributed by atoms with E-state index in [2.05, 4.69) is 24.8 Å². The van der Waals surface area contributed by atoms with E-state index in [-0.39, 0.29) is 0 Å². The molecule has 0 unspecified atom stereocenters. The van der Waals surface area contributed by atoms with Crippen LogP contribution in [0.1, 0.15) is 62.8 Å². The van der Waals surface area contributed by atoms with Gasteiger partial charge < -0.3 is 0 Å². The van der Waals surface area contributed by atoms with E-state index in [1.54, 1.807) is 0 Å². The van der Waals surface area contributed by atoms with E-state index >= 15 is 0 Å². The van der Waals surface area contributed by atoms with E-state index in [4.69, 9.17) is 23.2 Å². The van der Waals surface area contributed by atoms with Crippen molar-refractivity contribution in [3.8, 4) is 0 Å². The van der Waals surface area contributed by atoms with Crippen LogP contribution in [0.2, 0.25) is 10.0 Å². The lowest BCUT2D eigenvalue weighted by Gasteiger charge is -2.37. The topological polar surface area (TPSA) is 0 Å². The van der Waals surface area contributed by atoms with Gasteiger partial charge in [0, 0.05) is 0 Å². The van der Waals surface area contributed by atoms with Crippen LogP contribution in [0.3, 0.4) is 0 Å². The van der Waals surface area contributed by atoms with Crippen molar-refractivity contribution in [3.05, 3.63) is 46.5 Å². The number of hydrogen-bond acceptors (Lipinski definition) is 0. The van der Waals surface area contributed by atoms with Crippen molar-refractivity contribution in [2.45, 2.75) is 57.3 Å². The highest BCUT2D eigenvalue weighted by Crippen LogP contribution is 2.44. The van der Waals surface area contributed by atoms with Crippen molar-refractivity contribution in [3.63, 3.8) is 0 Å². The second-order valence-corrected chi connectivity index (χ2v) is 8.01. The zero-order valence-corrected chi connectivity index (χ0v) is 14.8. The molecule has 1 aromatic rings. The average Bonchev–Trinajstić information content (AvgIpc) is 2.58. The summed E-state index contributed by atoms with van der Waals surface area (Å²) < 4.78 is 0. The first-order valence-electron chi connectivity index (χ1n) is 8.75. The average molecular weight is 337 g/mol. The van der Waals surface area contributed by atoms with Crippen molar-refractivity contribution in [2.75, 3.05) is 0 Å². The zero-order chi connectivity index (χ0) is 15.5. The van der Waals surface area contributed by atoms with Crippen LogP contribution in [0.5, 0.6) is 0 Å². The molecule has 120 valence electrons. The molecular formula is C20H26Cl2. The van der Waals surface area contributed by atoms with E-state index in [1.807, 2.05) is 6.07 Å². The van der Waals surface area contributed by atoms with Crippen LogP contribution < -0.4 is 0 Å². The Balaban J connectivity index is 1.54. The third-order valence-electron chi connectivity index (χ3n) is 6.00. The molecule has 2 heteroatoms. The van der Waals surface area contributed by atoms with Gasteiger partial charge in [-0.3, -0.25) is 0 Å². The molecule has 0 aromatic heterocycles. The van der Waals surface area contributed by atoms with Crippen molar-refractivity contribution < 1.29 is 0 Å². The predicted octanol–water partition coefficient (Wildman–Crippen LogP) is 7.26. The Morgan fingerprint density at radius 3 is 1.95 bits per heavy atom. The van der Waals surface area contributed by atoms with Gasteiger partial charge in [0.2, 0.25) is 0 Å². The van der Waals surface area contributed by atoms with Crippen LogP contribution in [0.4, 0.5) is 0 Å². The van der Waals surface area contributed by atoms with Gasteiger partial charge in [-0.05, 0) is 92.7 Å². The van der Waals surface area contributed by atoms with Gasteiger partial charge in [-0.2, -0.15) is 0 Å². The molecule has 1 aromatic carbocycles. The molecule has 2 aliphatic rings. The summed E-state index contributed by atoms with van der Waals surface area (Å²) in [4.78, 5) is 0. The summed E-state index contributed by atoms with van der Waals surface area (Å²) in [5, 5.41) is 1.36. The van der Waals surface area contributed by atoms with Crippen molar-refractivity contribution in [2.24, 2.45) is 17.8 Å². The highest BCUT2D eigenvalue weighted by atomic mass is 35.5. The van der Waals surface area contributed by atoms with Crippen molar-refractivity contribution in [1.29, 1.82) is 0 Å². The number of allylic oxidation sites excluding steroid dienone is 1. The molecule has 0 amide bonds. The van der Waals surface area contributed by atoms with E-state index in [0.29, 0.717) is 16.0 Å². The molecule has 0 spiro atoms. The maximum Gasteiger partial charge on any atom is 0.0595 e. The number of halogens is 2. The molecule has 3 rings (SSSR count). The van der Waals surface area contributed by atoms with Crippen molar-refractivity contribution in [1.82, 2.24) is 0 Å².